The second-order valence-electron chi connectivity index (χ2n) is 6.02. The third-order valence-corrected chi connectivity index (χ3v) is 5.16. The first-order valence-electron chi connectivity index (χ1n) is 7.91. The first-order chi connectivity index (χ1) is 10.3. The van der Waals surface area contributed by atoms with Crippen molar-refractivity contribution < 1.29 is 4.79 Å². The highest BCUT2D eigenvalue weighted by atomic mass is 32.1. The molecule has 2 heterocycles. The van der Waals surface area contributed by atoms with Gasteiger partial charge < -0.3 is 15.1 Å². The van der Waals surface area contributed by atoms with E-state index in [-0.39, 0.29) is 6.03 Å². The average Bonchev–Trinajstić information content (AvgIpc) is 3.03. The number of hydrogen-bond donors (Lipinski definition) is 1. The van der Waals surface area contributed by atoms with E-state index in [9.17, 15) is 4.79 Å². The summed E-state index contributed by atoms with van der Waals surface area (Å²) in [5, 5.41) is 6.13. The van der Waals surface area contributed by atoms with Gasteiger partial charge in [0.25, 0.3) is 0 Å². The molecule has 2 fully saturated rings. The van der Waals surface area contributed by atoms with Gasteiger partial charge in [0.15, 0.2) is 0 Å². The smallest absolute Gasteiger partial charge is 0.318 e. The molecule has 1 unspecified atom stereocenters. The van der Waals surface area contributed by atoms with E-state index in [2.05, 4.69) is 22.1 Å². The van der Waals surface area contributed by atoms with Gasteiger partial charge >= 0.3 is 6.03 Å². The quantitative estimate of drug-likeness (QED) is 0.876. The van der Waals surface area contributed by atoms with Crippen molar-refractivity contribution >= 4 is 17.4 Å². The molecule has 116 valence electrons. The lowest BCUT2D eigenvalue weighted by Gasteiger charge is -2.23. The lowest BCUT2D eigenvalue weighted by molar-refractivity contribution is 0.190. The zero-order valence-electron chi connectivity index (χ0n) is 12.6. The Bertz CT molecular complexity index is 460. The Labute approximate surface area is 130 Å². The van der Waals surface area contributed by atoms with Crippen molar-refractivity contribution in [2.45, 2.75) is 38.8 Å². The van der Waals surface area contributed by atoms with Crippen LogP contribution in [-0.2, 0) is 6.54 Å². The molecule has 1 atom stereocenters. The van der Waals surface area contributed by atoms with Crippen molar-refractivity contribution in [1.82, 2.24) is 20.1 Å². The fraction of sp³-hybridized carbons (Fsp3) is 0.733. The van der Waals surface area contributed by atoms with Gasteiger partial charge in [-0.3, -0.25) is 0 Å². The minimum atomic E-state index is 0.0858. The highest BCUT2D eigenvalue weighted by molar-refractivity contribution is 7.09. The minimum Gasteiger partial charge on any atom is -0.338 e. The molecule has 3 rings (SSSR count). The summed E-state index contributed by atoms with van der Waals surface area (Å²) >= 11 is 1.62. The van der Waals surface area contributed by atoms with Gasteiger partial charge in [-0.15, -0.1) is 11.3 Å². The topological polar surface area (TPSA) is 48.5 Å². The molecule has 2 amide bonds. The van der Waals surface area contributed by atoms with Crippen LogP contribution in [0.2, 0.25) is 0 Å². The van der Waals surface area contributed by atoms with E-state index in [1.165, 1.54) is 13.0 Å². The molecule has 0 aromatic carbocycles. The number of nitrogens with zero attached hydrogens (tertiary/aromatic N) is 3. The van der Waals surface area contributed by atoms with Gasteiger partial charge in [0.1, 0.15) is 5.01 Å². The maximum Gasteiger partial charge on any atom is 0.318 e. The van der Waals surface area contributed by atoms with Gasteiger partial charge in [0.05, 0.1) is 6.54 Å². The Morgan fingerprint density at radius 3 is 3.00 bits per heavy atom. The van der Waals surface area contributed by atoms with Crippen LogP contribution >= 0.6 is 11.3 Å². The van der Waals surface area contributed by atoms with Crippen LogP contribution in [0.5, 0.6) is 0 Å². The first kappa shape index (κ1) is 14.8. The summed E-state index contributed by atoms with van der Waals surface area (Å²) in [4.78, 5) is 21.1. The maximum atomic E-state index is 12.4. The number of hydrogen-bond acceptors (Lipinski definition) is 4. The van der Waals surface area contributed by atoms with Crippen molar-refractivity contribution in [3.63, 3.8) is 0 Å². The molecule has 0 bridgehead atoms. The Morgan fingerprint density at radius 2 is 2.38 bits per heavy atom. The van der Waals surface area contributed by atoms with Gasteiger partial charge in [-0.25, -0.2) is 9.78 Å². The standard InChI is InChI=1S/C15H24N4OS/c1-2-18-7-5-12(10-18)9-17-15(20)19(13-3-4-13)11-14-16-6-8-21-14/h6,8,12-13H,2-5,7,9-11H2,1H3,(H,17,20). The van der Waals surface area contributed by atoms with Gasteiger partial charge in [0, 0.05) is 30.7 Å². The van der Waals surface area contributed by atoms with Crippen LogP contribution < -0.4 is 5.32 Å². The number of likely N-dealkylation sites (tertiary alicyclic amines) is 1. The molecule has 1 aliphatic heterocycles. The monoisotopic (exact) mass is 308 g/mol. The summed E-state index contributed by atoms with van der Waals surface area (Å²) in [5.74, 6) is 0.606. The van der Waals surface area contributed by atoms with Crippen LogP contribution in [0.3, 0.4) is 0 Å². The first-order valence-corrected chi connectivity index (χ1v) is 8.79. The molecule has 1 N–H and O–H groups in total. The third-order valence-electron chi connectivity index (χ3n) is 4.40. The highest BCUT2D eigenvalue weighted by Crippen LogP contribution is 2.28. The maximum absolute atomic E-state index is 12.4. The van der Waals surface area contributed by atoms with Crippen molar-refractivity contribution in [2.75, 3.05) is 26.2 Å². The van der Waals surface area contributed by atoms with Gasteiger partial charge in [-0.1, -0.05) is 6.92 Å². The number of nitrogens with one attached hydrogen (secondary N) is 1. The second-order valence-corrected chi connectivity index (χ2v) is 7.00. The highest BCUT2D eigenvalue weighted by Gasteiger charge is 2.33. The SMILES string of the molecule is CCN1CCC(CNC(=O)N(Cc2nccs2)C2CC2)C1. The summed E-state index contributed by atoms with van der Waals surface area (Å²) in [5.41, 5.74) is 0. The van der Waals surface area contributed by atoms with Gasteiger partial charge in [0.2, 0.25) is 0 Å². The molecule has 1 aromatic heterocycles. The van der Waals surface area contributed by atoms with E-state index in [1.807, 2.05) is 10.3 Å². The number of carbonyl (C=O) groups is 1. The number of aromatic nitrogens is 1. The molecule has 6 heteroatoms. The molecule has 1 saturated carbocycles. The third kappa shape index (κ3) is 3.95. The molecule has 0 radical (unpaired) electrons. The predicted molar refractivity (Wildman–Crippen MR) is 84.3 cm³/mol. The number of urea groups is 1. The Balaban J connectivity index is 1.48. The molecule has 5 nitrogen and oxygen atoms in total. The second kappa shape index (κ2) is 6.75. The Morgan fingerprint density at radius 1 is 1.52 bits per heavy atom. The lowest BCUT2D eigenvalue weighted by Crippen LogP contribution is -2.43. The van der Waals surface area contributed by atoms with Crippen molar-refractivity contribution in [3.8, 4) is 0 Å². The number of thiazole rings is 1. The summed E-state index contributed by atoms with van der Waals surface area (Å²) < 4.78 is 0. The normalized spacial score (nSPS) is 22.4. The van der Waals surface area contributed by atoms with Crippen LogP contribution in [0.15, 0.2) is 11.6 Å². The predicted octanol–water partition coefficient (Wildman–Crippen LogP) is 2.16. The van der Waals surface area contributed by atoms with E-state index >= 15 is 0 Å². The summed E-state index contributed by atoms with van der Waals surface area (Å²) in [6.07, 6.45) is 5.27. The fourth-order valence-corrected chi connectivity index (χ4v) is 3.54. The van der Waals surface area contributed by atoms with Crippen LogP contribution in [0.1, 0.15) is 31.2 Å². The average molecular weight is 308 g/mol. The molecule has 2 aliphatic rings. The van der Waals surface area contributed by atoms with Gasteiger partial charge in [-0.2, -0.15) is 0 Å². The van der Waals surface area contributed by atoms with E-state index < -0.39 is 0 Å². The zero-order chi connectivity index (χ0) is 14.7. The van der Waals surface area contributed by atoms with Crippen LogP contribution in [0, 0.1) is 5.92 Å². The van der Waals surface area contributed by atoms with Crippen LogP contribution in [0.4, 0.5) is 4.79 Å². The minimum absolute atomic E-state index is 0.0858. The van der Waals surface area contributed by atoms with E-state index in [1.54, 1.807) is 17.5 Å². The van der Waals surface area contributed by atoms with Gasteiger partial charge in [-0.05, 0) is 38.3 Å². The van der Waals surface area contributed by atoms with Crippen molar-refractivity contribution in [2.24, 2.45) is 5.92 Å². The van der Waals surface area contributed by atoms with E-state index in [0.717, 1.165) is 37.5 Å². The van der Waals surface area contributed by atoms with Crippen LogP contribution in [0.25, 0.3) is 0 Å². The molecular formula is C15H24N4OS. The molecule has 1 aliphatic carbocycles. The van der Waals surface area contributed by atoms with Crippen molar-refractivity contribution in [1.29, 1.82) is 0 Å². The molecule has 1 aromatic rings. The molecule has 21 heavy (non-hydrogen) atoms. The van der Waals surface area contributed by atoms with Crippen LogP contribution in [-0.4, -0.2) is 53.0 Å². The molecular weight excluding hydrogens is 284 g/mol. The van der Waals surface area contributed by atoms with E-state index in [0.29, 0.717) is 18.5 Å². The Hall–Kier alpha value is -1.14. The van der Waals surface area contributed by atoms with E-state index in [4.69, 9.17) is 0 Å². The van der Waals surface area contributed by atoms with Crippen molar-refractivity contribution in [3.05, 3.63) is 16.6 Å². The summed E-state index contributed by atoms with van der Waals surface area (Å²) in [6, 6.07) is 0.507. The summed E-state index contributed by atoms with van der Waals surface area (Å²) in [7, 11) is 0. The fourth-order valence-electron chi connectivity index (χ4n) is 2.93. The number of rotatable bonds is 6. The Kier molecular flexibility index (Phi) is 4.75. The molecule has 1 saturated heterocycles. The zero-order valence-corrected chi connectivity index (χ0v) is 13.4. The lowest BCUT2D eigenvalue weighted by atomic mass is 10.1. The number of amides is 2. The molecule has 0 spiro atoms. The number of carbonyl (C=O) groups excluding carboxylic acids is 1. The largest absolute Gasteiger partial charge is 0.338 e. The summed E-state index contributed by atoms with van der Waals surface area (Å²) in [6.45, 7) is 7.05.